The van der Waals surface area contributed by atoms with Crippen LogP contribution in [0.4, 0.5) is 4.79 Å². The van der Waals surface area contributed by atoms with Crippen LogP contribution in [-0.2, 0) is 4.74 Å². The van der Waals surface area contributed by atoms with Crippen molar-refractivity contribution in [1.29, 1.82) is 0 Å². The Kier molecular flexibility index (Phi) is 3.57. The summed E-state index contributed by atoms with van der Waals surface area (Å²) in [5.41, 5.74) is -0.549. The molecule has 3 N–H and O–H groups in total. The number of hydrogen-bond acceptors (Lipinski definition) is 4. The number of amides is 1. The van der Waals surface area contributed by atoms with E-state index < -0.39 is 29.9 Å². The van der Waals surface area contributed by atoms with Crippen molar-refractivity contribution in [3.05, 3.63) is 0 Å². The Morgan fingerprint density at radius 3 is 2.33 bits per heavy atom. The second kappa shape index (κ2) is 4.37. The van der Waals surface area contributed by atoms with Gasteiger partial charge in [-0.3, -0.25) is 0 Å². The Hall–Kier alpha value is -0.810. The highest BCUT2D eigenvalue weighted by Crippen LogP contribution is 2.20. The molecule has 0 heterocycles. The van der Waals surface area contributed by atoms with Gasteiger partial charge in [-0.1, -0.05) is 0 Å². The zero-order valence-electron chi connectivity index (χ0n) is 9.36. The fourth-order valence-corrected chi connectivity index (χ4v) is 1.58. The first kappa shape index (κ1) is 12.3. The monoisotopic (exact) mass is 217 g/mol. The average molecular weight is 217 g/mol. The van der Waals surface area contributed by atoms with Crippen molar-refractivity contribution in [2.24, 2.45) is 0 Å². The number of carbonyl (C=O) groups excluding carboxylic acids is 1. The van der Waals surface area contributed by atoms with Crippen LogP contribution in [0, 0.1) is 0 Å². The quantitative estimate of drug-likeness (QED) is 0.594. The van der Waals surface area contributed by atoms with Crippen molar-refractivity contribution < 1.29 is 19.7 Å². The molecule has 0 radical (unpaired) electrons. The van der Waals surface area contributed by atoms with E-state index in [9.17, 15) is 15.0 Å². The van der Waals surface area contributed by atoms with Crippen molar-refractivity contribution in [2.75, 3.05) is 0 Å². The van der Waals surface area contributed by atoms with E-state index in [4.69, 9.17) is 4.74 Å². The third-order valence-corrected chi connectivity index (χ3v) is 2.28. The molecule has 1 aliphatic carbocycles. The molecule has 0 aromatic rings. The number of hydrogen-bond donors (Lipinski definition) is 3. The maximum Gasteiger partial charge on any atom is 0.407 e. The number of alkyl carbamates (subject to hydrolysis) is 1. The number of nitrogens with one attached hydrogen (secondary N) is 1. The summed E-state index contributed by atoms with van der Waals surface area (Å²) in [6, 6.07) is -0.408. The molecule has 0 saturated heterocycles. The summed E-state index contributed by atoms with van der Waals surface area (Å²) in [5.74, 6) is 0. The van der Waals surface area contributed by atoms with Crippen molar-refractivity contribution in [3.63, 3.8) is 0 Å². The van der Waals surface area contributed by atoms with Crippen LogP contribution in [-0.4, -0.2) is 40.2 Å². The van der Waals surface area contributed by atoms with Gasteiger partial charge in [0.05, 0.1) is 12.1 Å². The third kappa shape index (κ3) is 3.68. The summed E-state index contributed by atoms with van der Waals surface area (Å²) in [6.07, 6.45) is -1.12. The molecule has 5 nitrogen and oxygen atoms in total. The Morgan fingerprint density at radius 2 is 1.93 bits per heavy atom. The summed E-state index contributed by atoms with van der Waals surface area (Å²) >= 11 is 0. The molecule has 0 bridgehead atoms. The molecule has 3 unspecified atom stereocenters. The SMILES string of the molecule is CC(C)(C)OC(=O)NC1CCC(O)C1O. The zero-order valence-corrected chi connectivity index (χ0v) is 9.36. The fourth-order valence-electron chi connectivity index (χ4n) is 1.58. The van der Waals surface area contributed by atoms with Crippen LogP contribution in [0.1, 0.15) is 33.6 Å². The average Bonchev–Trinajstić information content (AvgIpc) is 2.32. The Morgan fingerprint density at radius 1 is 1.33 bits per heavy atom. The van der Waals surface area contributed by atoms with E-state index >= 15 is 0 Å². The Bertz CT molecular complexity index is 236. The van der Waals surface area contributed by atoms with E-state index in [1.54, 1.807) is 20.8 Å². The summed E-state index contributed by atoms with van der Waals surface area (Å²) in [6.45, 7) is 5.31. The molecule has 3 atom stereocenters. The van der Waals surface area contributed by atoms with Crippen LogP contribution in [0.3, 0.4) is 0 Å². The Labute approximate surface area is 89.4 Å². The lowest BCUT2D eigenvalue weighted by molar-refractivity contribution is 0.0201. The molecule has 88 valence electrons. The molecular formula is C10H19NO4. The predicted octanol–water partition coefficient (Wildman–Crippen LogP) is 0.395. The minimum absolute atomic E-state index is 0.408. The standard InChI is InChI=1S/C10H19NO4/c1-10(2,3)15-9(14)11-6-4-5-7(12)8(6)13/h6-8,12-13H,4-5H2,1-3H3,(H,11,14). The highest BCUT2D eigenvalue weighted by Gasteiger charge is 2.35. The summed E-state index contributed by atoms with van der Waals surface area (Å²) < 4.78 is 5.04. The van der Waals surface area contributed by atoms with Crippen LogP contribution in [0.2, 0.25) is 0 Å². The highest BCUT2D eigenvalue weighted by molar-refractivity contribution is 5.68. The topological polar surface area (TPSA) is 78.8 Å². The first-order valence-corrected chi connectivity index (χ1v) is 5.15. The van der Waals surface area contributed by atoms with Gasteiger partial charge in [-0.15, -0.1) is 0 Å². The van der Waals surface area contributed by atoms with E-state index in [0.717, 1.165) is 0 Å². The second-order valence-corrected chi connectivity index (χ2v) is 4.89. The molecule has 1 fully saturated rings. The van der Waals surface area contributed by atoms with Gasteiger partial charge in [-0.05, 0) is 33.6 Å². The first-order chi connectivity index (χ1) is 6.79. The van der Waals surface area contributed by atoms with E-state index in [0.29, 0.717) is 12.8 Å². The van der Waals surface area contributed by atoms with Crippen molar-refractivity contribution in [1.82, 2.24) is 5.32 Å². The molecule has 15 heavy (non-hydrogen) atoms. The lowest BCUT2D eigenvalue weighted by atomic mass is 10.2. The molecule has 1 rings (SSSR count). The second-order valence-electron chi connectivity index (χ2n) is 4.89. The Balaban J connectivity index is 2.39. The molecule has 0 aromatic heterocycles. The third-order valence-electron chi connectivity index (χ3n) is 2.28. The van der Waals surface area contributed by atoms with Gasteiger partial charge in [0.2, 0.25) is 0 Å². The molecule has 1 saturated carbocycles. The summed E-state index contributed by atoms with van der Waals surface area (Å²) in [4.78, 5) is 11.3. The molecule has 1 amide bonds. The summed E-state index contributed by atoms with van der Waals surface area (Å²) in [5, 5.41) is 21.3. The van der Waals surface area contributed by atoms with Crippen LogP contribution in [0.5, 0.6) is 0 Å². The van der Waals surface area contributed by atoms with Gasteiger partial charge >= 0.3 is 6.09 Å². The number of aliphatic hydroxyl groups is 2. The maximum absolute atomic E-state index is 11.3. The van der Waals surface area contributed by atoms with E-state index in [-0.39, 0.29) is 0 Å². The van der Waals surface area contributed by atoms with Crippen molar-refractivity contribution in [2.45, 2.75) is 57.5 Å². The number of ether oxygens (including phenoxy) is 1. The molecule has 5 heteroatoms. The molecular weight excluding hydrogens is 198 g/mol. The van der Waals surface area contributed by atoms with Gasteiger partial charge < -0.3 is 20.3 Å². The van der Waals surface area contributed by atoms with Crippen molar-refractivity contribution >= 4 is 6.09 Å². The molecule has 0 spiro atoms. The molecule has 0 aliphatic heterocycles. The van der Waals surface area contributed by atoms with Gasteiger partial charge in [0.15, 0.2) is 0 Å². The largest absolute Gasteiger partial charge is 0.444 e. The van der Waals surface area contributed by atoms with E-state index in [1.165, 1.54) is 0 Å². The molecule has 1 aliphatic rings. The van der Waals surface area contributed by atoms with Gasteiger partial charge in [0.1, 0.15) is 11.7 Å². The number of aliphatic hydroxyl groups excluding tert-OH is 2. The fraction of sp³-hybridized carbons (Fsp3) is 0.900. The smallest absolute Gasteiger partial charge is 0.407 e. The minimum atomic E-state index is -0.891. The van der Waals surface area contributed by atoms with Gasteiger partial charge in [-0.25, -0.2) is 4.79 Å². The van der Waals surface area contributed by atoms with Crippen LogP contribution in [0.25, 0.3) is 0 Å². The lowest BCUT2D eigenvalue weighted by Crippen LogP contribution is -2.44. The lowest BCUT2D eigenvalue weighted by Gasteiger charge is -2.23. The van der Waals surface area contributed by atoms with Gasteiger partial charge in [0, 0.05) is 0 Å². The number of carbonyl (C=O) groups is 1. The van der Waals surface area contributed by atoms with E-state index in [2.05, 4.69) is 5.32 Å². The van der Waals surface area contributed by atoms with E-state index in [1.807, 2.05) is 0 Å². The van der Waals surface area contributed by atoms with Crippen molar-refractivity contribution in [3.8, 4) is 0 Å². The normalized spacial score (nSPS) is 31.4. The van der Waals surface area contributed by atoms with Crippen LogP contribution < -0.4 is 5.32 Å². The first-order valence-electron chi connectivity index (χ1n) is 5.15. The predicted molar refractivity (Wildman–Crippen MR) is 54.4 cm³/mol. The van der Waals surface area contributed by atoms with Gasteiger partial charge in [0.25, 0.3) is 0 Å². The summed E-state index contributed by atoms with van der Waals surface area (Å²) in [7, 11) is 0. The molecule has 0 aromatic carbocycles. The zero-order chi connectivity index (χ0) is 11.6. The maximum atomic E-state index is 11.3. The van der Waals surface area contributed by atoms with Crippen LogP contribution >= 0.6 is 0 Å². The minimum Gasteiger partial charge on any atom is -0.444 e. The van der Waals surface area contributed by atoms with Crippen LogP contribution in [0.15, 0.2) is 0 Å². The highest BCUT2D eigenvalue weighted by atomic mass is 16.6. The van der Waals surface area contributed by atoms with Gasteiger partial charge in [-0.2, -0.15) is 0 Å². The number of rotatable bonds is 1.